The molecule has 1 amide bonds. The zero-order valence-electron chi connectivity index (χ0n) is 12.5. The van der Waals surface area contributed by atoms with Crippen LogP contribution in [-0.2, 0) is 4.79 Å². The number of carbonyl (C=O) groups is 1. The van der Waals surface area contributed by atoms with Crippen LogP contribution in [0.4, 0.5) is 5.13 Å². The number of carbonyl (C=O) groups excluding carboxylic acids is 1. The number of nitrogens with one attached hydrogen (secondary N) is 1. The molecule has 0 saturated carbocycles. The first-order chi connectivity index (χ1) is 10.7. The molecule has 0 unspecified atom stereocenters. The van der Waals surface area contributed by atoms with Crippen molar-refractivity contribution in [2.24, 2.45) is 0 Å². The first-order valence-corrected chi connectivity index (χ1v) is 8.69. The van der Waals surface area contributed by atoms with Crippen molar-refractivity contribution in [3.8, 4) is 17.0 Å². The zero-order chi connectivity index (χ0) is 15.8. The molecule has 6 heteroatoms. The SMILES string of the molecule is CCCOc1ccc(-c2csc(NC(=O)CCCCl)n2)cc1. The maximum Gasteiger partial charge on any atom is 0.226 e. The van der Waals surface area contributed by atoms with Crippen molar-refractivity contribution in [3.63, 3.8) is 0 Å². The average molecular weight is 339 g/mol. The molecule has 1 aromatic carbocycles. The van der Waals surface area contributed by atoms with E-state index < -0.39 is 0 Å². The van der Waals surface area contributed by atoms with Gasteiger partial charge < -0.3 is 10.1 Å². The molecule has 0 radical (unpaired) electrons. The molecule has 1 heterocycles. The number of nitrogens with zero attached hydrogens (tertiary/aromatic N) is 1. The van der Waals surface area contributed by atoms with Crippen LogP contribution in [0, 0.1) is 0 Å². The molecule has 0 aliphatic rings. The smallest absolute Gasteiger partial charge is 0.226 e. The third kappa shape index (κ3) is 5.00. The summed E-state index contributed by atoms with van der Waals surface area (Å²) in [5, 5.41) is 5.33. The molecule has 2 rings (SSSR count). The van der Waals surface area contributed by atoms with Crippen molar-refractivity contribution in [2.75, 3.05) is 17.8 Å². The monoisotopic (exact) mass is 338 g/mol. The van der Waals surface area contributed by atoms with Crippen molar-refractivity contribution in [1.29, 1.82) is 0 Å². The van der Waals surface area contributed by atoms with Gasteiger partial charge in [-0.25, -0.2) is 4.98 Å². The van der Waals surface area contributed by atoms with Crippen LogP contribution in [0.3, 0.4) is 0 Å². The highest BCUT2D eigenvalue weighted by Crippen LogP contribution is 2.26. The molecule has 0 atom stereocenters. The lowest BCUT2D eigenvalue weighted by molar-refractivity contribution is -0.116. The van der Waals surface area contributed by atoms with E-state index in [1.54, 1.807) is 0 Å². The molecule has 0 saturated heterocycles. The van der Waals surface area contributed by atoms with Crippen molar-refractivity contribution < 1.29 is 9.53 Å². The number of halogens is 1. The first-order valence-electron chi connectivity index (χ1n) is 7.27. The molecule has 0 aliphatic heterocycles. The normalized spacial score (nSPS) is 10.5. The first kappa shape index (κ1) is 16.8. The van der Waals surface area contributed by atoms with Crippen LogP contribution >= 0.6 is 22.9 Å². The molecule has 1 N–H and O–H groups in total. The molecular weight excluding hydrogens is 320 g/mol. The Hall–Kier alpha value is -1.59. The lowest BCUT2D eigenvalue weighted by atomic mass is 10.2. The van der Waals surface area contributed by atoms with Gasteiger partial charge >= 0.3 is 0 Å². The highest BCUT2D eigenvalue weighted by atomic mass is 35.5. The van der Waals surface area contributed by atoms with Crippen molar-refractivity contribution >= 4 is 34.0 Å². The highest BCUT2D eigenvalue weighted by Gasteiger charge is 2.08. The fraction of sp³-hybridized carbons (Fsp3) is 0.375. The molecule has 0 fully saturated rings. The molecule has 2 aromatic rings. The number of hydrogen-bond acceptors (Lipinski definition) is 4. The van der Waals surface area contributed by atoms with E-state index in [4.69, 9.17) is 16.3 Å². The Morgan fingerprint density at radius 3 is 2.82 bits per heavy atom. The highest BCUT2D eigenvalue weighted by molar-refractivity contribution is 7.14. The van der Waals surface area contributed by atoms with Crippen LogP contribution in [-0.4, -0.2) is 23.4 Å². The minimum atomic E-state index is -0.0511. The summed E-state index contributed by atoms with van der Waals surface area (Å²) in [6.45, 7) is 2.79. The fourth-order valence-electron chi connectivity index (χ4n) is 1.81. The summed E-state index contributed by atoms with van der Waals surface area (Å²) in [5.41, 5.74) is 1.85. The summed E-state index contributed by atoms with van der Waals surface area (Å²) in [7, 11) is 0. The van der Waals surface area contributed by atoms with Crippen molar-refractivity contribution in [3.05, 3.63) is 29.6 Å². The van der Waals surface area contributed by atoms with Gasteiger partial charge in [-0.05, 0) is 37.1 Å². The Balaban J connectivity index is 1.97. The molecule has 22 heavy (non-hydrogen) atoms. The van der Waals surface area contributed by atoms with Gasteiger partial charge in [0.2, 0.25) is 5.91 Å². The summed E-state index contributed by atoms with van der Waals surface area (Å²) in [5.74, 6) is 1.29. The number of alkyl halides is 1. The number of amides is 1. The predicted octanol–water partition coefficient (Wildman–Crippen LogP) is 4.56. The summed E-state index contributed by atoms with van der Waals surface area (Å²) < 4.78 is 5.56. The molecule has 4 nitrogen and oxygen atoms in total. The number of rotatable bonds is 8. The van der Waals surface area contributed by atoms with Gasteiger partial charge in [-0.1, -0.05) is 6.92 Å². The Kier molecular flexibility index (Phi) is 6.68. The van der Waals surface area contributed by atoms with E-state index in [-0.39, 0.29) is 5.91 Å². The van der Waals surface area contributed by atoms with Crippen LogP contribution in [0.1, 0.15) is 26.2 Å². The van der Waals surface area contributed by atoms with Crippen LogP contribution in [0.25, 0.3) is 11.3 Å². The minimum Gasteiger partial charge on any atom is -0.494 e. The van der Waals surface area contributed by atoms with E-state index in [2.05, 4.69) is 17.2 Å². The Morgan fingerprint density at radius 1 is 1.36 bits per heavy atom. The van der Waals surface area contributed by atoms with E-state index in [9.17, 15) is 4.79 Å². The number of benzene rings is 1. The van der Waals surface area contributed by atoms with E-state index in [1.807, 2.05) is 29.6 Å². The van der Waals surface area contributed by atoms with E-state index >= 15 is 0 Å². The second-order valence-corrected chi connectivity index (χ2v) is 5.99. The Bertz CT molecular complexity index is 598. The number of hydrogen-bond donors (Lipinski definition) is 1. The van der Waals surface area contributed by atoms with Gasteiger partial charge in [0.25, 0.3) is 0 Å². The topological polar surface area (TPSA) is 51.2 Å². The van der Waals surface area contributed by atoms with Gasteiger partial charge in [0, 0.05) is 23.2 Å². The molecule has 0 bridgehead atoms. The summed E-state index contributed by atoms with van der Waals surface area (Å²) >= 11 is 6.99. The van der Waals surface area contributed by atoms with Crippen LogP contribution in [0.5, 0.6) is 5.75 Å². The van der Waals surface area contributed by atoms with Gasteiger partial charge in [0.15, 0.2) is 5.13 Å². The van der Waals surface area contributed by atoms with Gasteiger partial charge in [-0.3, -0.25) is 4.79 Å². The molecule has 1 aromatic heterocycles. The lowest BCUT2D eigenvalue weighted by Gasteiger charge is -2.04. The number of anilines is 1. The number of ether oxygens (including phenoxy) is 1. The Morgan fingerprint density at radius 2 is 2.14 bits per heavy atom. The molecular formula is C16H19ClN2O2S. The average Bonchev–Trinajstić information content (AvgIpc) is 3.00. The van der Waals surface area contributed by atoms with Crippen molar-refractivity contribution in [1.82, 2.24) is 4.98 Å². The van der Waals surface area contributed by atoms with Crippen molar-refractivity contribution in [2.45, 2.75) is 26.2 Å². The van der Waals surface area contributed by atoms with Gasteiger partial charge in [-0.15, -0.1) is 22.9 Å². The second-order valence-electron chi connectivity index (χ2n) is 4.75. The van der Waals surface area contributed by atoms with Crippen LogP contribution in [0.2, 0.25) is 0 Å². The molecule has 0 aliphatic carbocycles. The number of thiazole rings is 1. The largest absolute Gasteiger partial charge is 0.494 e. The lowest BCUT2D eigenvalue weighted by Crippen LogP contribution is -2.10. The summed E-state index contributed by atoms with van der Waals surface area (Å²) in [6, 6.07) is 7.81. The summed E-state index contributed by atoms with van der Waals surface area (Å²) in [4.78, 5) is 16.1. The van der Waals surface area contributed by atoms with Crippen LogP contribution < -0.4 is 10.1 Å². The third-order valence-corrected chi connectivity index (χ3v) is 3.94. The standard InChI is InChI=1S/C16H19ClN2O2S/c1-2-10-21-13-7-5-12(6-8-13)14-11-22-16(18-14)19-15(20)4-3-9-17/h5-8,11H,2-4,9-10H2,1H3,(H,18,19,20). The fourth-order valence-corrected chi connectivity index (χ4v) is 2.68. The van der Waals surface area contributed by atoms with Gasteiger partial charge in [0.1, 0.15) is 5.75 Å². The predicted molar refractivity (Wildman–Crippen MR) is 91.9 cm³/mol. The van der Waals surface area contributed by atoms with E-state index in [0.717, 1.165) is 23.4 Å². The van der Waals surface area contributed by atoms with Gasteiger partial charge in [0.05, 0.1) is 12.3 Å². The van der Waals surface area contributed by atoms with Gasteiger partial charge in [-0.2, -0.15) is 0 Å². The molecule has 118 valence electrons. The second kappa shape index (κ2) is 8.76. The number of aromatic nitrogens is 1. The maximum absolute atomic E-state index is 11.6. The van der Waals surface area contributed by atoms with E-state index in [0.29, 0.717) is 30.5 Å². The maximum atomic E-state index is 11.6. The zero-order valence-corrected chi connectivity index (χ0v) is 14.0. The minimum absolute atomic E-state index is 0.0511. The van der Waals surface area contributed by atoms with Crippen LogP contribution in [0.15, 0.2) is 29.6 Å². The quantitative estimate of drug-likeness (QED) is 0.718. The summed E-state index contributed by atoms with van der Waals surface area (Å²) in [6.07, 6.45) is 2.08. The third-order valence-electron chi connectivity index (χ3n) is 2.91. The van der Waals surface area contributed by atoms with E-state index in [1.165, 1.54) is 11.3 Å². The Labute approximate surface area is 139 Å². The molecule has 0 spiro atoms.